The van der Waals surface area contributed by atoms with Gasteiger partial charge in [0.15, 0.2) is 6.29 Å². The van der Waals surface area contributed by atoms with Crippen molar-refractivity contribution in [2.75, 3.05) is 11.9 Å². The van der Waals surface area contributed by atoms with Gasteiger partial charge in [-0.3, -0.25) is 0 Å². The number of alkyl halides is 1. The van der Waals surface area contributed by atoms with Crippen LogP contribution < -0.4 is 0 Å². The Kier molecular flexibility index (Phi) is 6.63. The lowest BCUT2D eigenvalue weighted by Crippen LogP contribution is -2.40. The van der Waals surface area contributed by atoms with Crippen molar-refractivity contribution >= 4 is 15.9 Å². The van der Waals surface area contributed by atoms with Gasteiger partial charge in [-0.25, -0.2) is 0 Å². The smallest absolute Gasteiger partial charge is 0.158 e. The van der Waals surface area contributed by atoms with Gasteiger partial charge in [-0.05, 0) is 50.9 Å². The summed E-state index contributed by atoms with van der Waals surface area (Å²) in [6, 6.07) is 0. The van der Waals surface area contributed by atoms with E-state index in [4.69, 9.17) is 9.47 Å². The number of hydrogen-bond donors (Lipinski definition) is 0. The standard InChI is InChI=1S/C15H29BrO2/c1-5-14(3,12-16)11-15(4,6-2)18-13-9-7-8-10-17-13/h13H,5-12H2,1-4H3/t13?,14?,15-/m1/s1. The zero-order valence-electron chi connectivity index (χ0n) is 12.4. The van der Waals surface area contributed by atoms with E-state index < -0.39 is 0 Å². The molecule has 1 aliphatic rings. The zero-order valence-corrected chi connectivity index (χ0v) is 14.0. The average molecular weight is 321 g/mol. The molecule has 0 spiro atoms. The van der Waals surface area contributed by atoms with Crippen LogP contribution in [0.15, 0.2) is 0 Å². The predicted molar refractivity (Wildman–Crippen MR) is 80.2 cm³/mol. The van der Waals surface area contributed by atoms with Crippen molar-refractivity contribution in [3.63, 3.8) is 0 Å². The Morgan fingerprint density at radius 3 is 2.39 bits per heavy atom. The predicted octanol–water partition coefficient (Wildman–Crippen LogP) is 4.90. The Bertz CT molecular complexity index is 235. The molecule has 0 saturated carbocycles. The minimum absolute atomic E-state index is 0.0140. The molecule has 2 unspecified atom stereocenters. The first-order valence-electron chi connectivity index (χ1n) is 7.32. The van der Waals surface area contributed by atoms with Crippen LogP contribution >= 0.6 is 15.9 Å². The number of ether oxygens (including phenoxy) is 2. The third kappa shape index (κ3) is 4.82. The summed E-state index contributed by atoms with van der Waals surface area (Å²) in [4.78, 5) is 0. The van der Waals surface area contributed by atoms with Gasteiger partial charge in [0, 0.05) is 11.9 Å². The number of hydrogen-bond acceptors (Lipinski definition) is 2. The zero-order chi connectivity index (χ0) is 13.6. The van der Waals surface area contributed by atoms with Crippen molar-refractivity contribution in [3.8, 4) is 0 Å². The summed E-state index contributed by atoms with van der Waals surface area (Å²) in [6.07, 6.45) is 6.76. The minimum Gasteiger partial charge on any atom is -0.353 e. The Morgan fingerprint density at radius 1 is 1.22 bits per heavy atom. The largest absolute Gasteiger partial charge is 0.353 e. The molecule has 3 heteroatoms. The molecule has 0 N–H and O–H groups in total. The highest BCUT2D eigenvalue weighted by atomic mass is 79.9. The third-order valence-corrected chi connectivity index (χ3v) is 5.63. The SMILES string of the molecule is CCC(C)(CBr)C[C@@](C)(CC)OC1CCCCO1. The fraction of sp³-hybridized carbons (Fsp3) is 1.00. The van der Waals surface area contributed by atoms with Crippen molar-refractivity contribution in [1.82, 2.24) is 0 Å². The first-order valence-corrected chi connectivity index (χ1v) is 8.44. The molecule has 0 aliphatic carbocycles. The van der Waals surface area contributed by atoms with Gasteiger partial charge in [-0.2, -0.15) is 0 Å². The first kappa shape index (κ1) is 16.5. The molecular weight excluding hydrogens is 292 g/mol. The molecule has 18 heavy (non-hydrogen) atoms. The van der Waals surface area contributed by atoms with E-state index in [2.05, 4.69) is 43.6 Å². The fourth-order valence-electron chi connectivity index (χ4n) is 2.54. The van der Waals surface area contributed by atoms with Gasteiger partial charge in [0.25, 0.3) is 0 Å². The van der Waals surface area contributed by atoms with Gasteiger partial charge in [0.1, 0.15) is 0 Å². The molecule has 0 radical (unpaired) electrons. The molecule has 2 nitrogen and oxygen atoms in total. The van der Waals surface area contributed by atoms with Crippen LogP contribution in [-0.4, -0.2) is 23.8 Å². The lowest BCUT2D eigenvalue weighted by atomic mass is 9.78. The van der Waals surface area contributed by atoms with E-state index in [-0.39, 0.29) is 11.9 Å². The summed E-state index contributed by atoms with van der Waals surface area (Å²) in [6.45, 7) is 9.90. The Hall–Kier alpha value is 0.400. The second-order valence-corrected chi connectivity index (χ2v) is 6.75. The van der Waals surface area contributed by atoms with Gasteiger partial charge >= 0.3 is 0 Å². The van der Waals surface area contributed by atoms with Crippen LogP contribution in [0.3, 0.4) is 0 Å². The molecule has 0 bridgehead atoms. The topological polar surface area (TPSA) is 18.5 Å². The number of halogens is 1. The molecule has 108 valence electrons. The summed E-state index contributed by atoms with van der Waals surface area (Å²) < 4.78 is 12.0. The third-order valence-electron chi connectivity index (χ3n) is 4.28. The van der Waals surface area contributed by atoms with Gasteiger partial charge in [0.2, 0.25) is 0 Å². The van der Waals surface area contributed by atoms with Crippen LogP contribution in [0.5, 0.6) is 0 Å². The van der Waals surface area contributed by atoms with Crippen LogP contribution in [0.2, 0.25) is 0 Å². The van der Waals surface area contributed by atoms with E-state index in [1.165, 1.54) is 19.3 Å². The van der Waals surface area contributed by atoms with E-state index in [0.29, 0.717) is 5.41 Å². The Morgan fingerprint density at radius 2 is 1.94 bits per heavy atom. The Balaban J connectivity index is 2.60. The molecule has 1 heterocycles. The molecule has 3 atom stereocenters. The lowest BCUT2D eigenvalue weighted by molar-refractivity contribution is -0.228. The second kappa shape index (κ2) is 7.25. The molecule has 1 aliphatic heterocycles. The van der Waals surface area contributed by atoms with Gasteiger partial charge < -0.3 is 9.47 Å². The monoisotopic (exact) mass is 320 g/mol. The van der Waals surface area contributed by atoms with Crippen molar-refractivity contribution in [2.24, 2.45) is 5.41 Å². The van der Waals surface area contributed by atoms with Crippen molar-refractivity contribution in [1.29, 1.82) is 0 Å². The lowest BCUT2D eigenvalue weighted by Gasteiger charge is -2.40. The van der Waals surface area contributed by atoms with Gasteiger partial charge in [-0.1, -0.05) is 36.7 Å². The average Bonchev–Trinajstić information content (AvgIpc) is 2.39. The first-order chi connectivity index (χ1) is 8.47. The van der Waals surface area contributed by atoms with E-state index in [0.717, 1.165) is 31.2 Å². The molecule has 1 fully saturated rings. The minimum atomic E-state index is -0.0689. The molecule has 1 rings (SSSR count). The molecule has 0 amide bonds. The highest BCUT2D eigenvalue weighted by molar-refractivity contribution is 9.09. The van der Waals surface area contributed by atoms with Crippen molar-refractivity contribution in [3.05, 3.63) is 0 Å². The maximum absolute atomic E-state index is 6.28. The fourth-order valence-corrected chi connectivity index (χ4v) is 3.14. The summed E-state index contributed by atoms with van der Waals surface area (Å²) in [7, 11) is 0. The van der Waals surface area contributed by atoms with Crippen LogP contribution in [0.4, 0.5) is 0 Å². The van der Waals surface area contributed by atoms with E-state index in [1.54, 1.807) is 0 Å². The Labute approximate surface area is 121 Å². The van der Waals surface area contributed by atoms with Crippen LogP contribution in [0.1, 0.15) is 66.2 Å². The van der Waals surface area contributed by atoms with Crippen molar-refractivity contribution < 1.29 is 9.47 Å². The highest BCUT2D eigenvalue weighted by Gasteiger charge is 2.35. The van der Waals surface area contributed by atoms with Gasteiger partial charge in [0.05, 0.1) is 5.60 Å². The summed E-state index contributed by atoms with van der Waals surface area (Å²) >= 11 is 3.65. The van der Waals surface area contributed by atoms with Crippen molar-refractivity contribution in [2.45, 2.75) is 78.1 Å². The second-order valence-electron chi connectivity index (χ2n) is 6.19. The van der Waals surface area contributed by atoms with Crippen LogP contribution in [0.25, 0.3) is 0 Å². The summed E-state index contributed by atoms with van der Waals surface area (Å²) in [5, 5.41) is 1.03. The molecule has 1 saturated heterocycles. The van der Waals surface area contributed by atoms with Gasteiger partial charge in [-0.15, -0.1) is 0 Å². The quantitative estimate of drug-likeness (QED) is 0.621. The normalized spacial score (nSPS) is 27.5. The van der Waals surface area contributed by atoms with E-state index in [9.17, 15) is 0 Å². The van der Waals surface area contributed by atoms with E-state index in [1.807, 2.05) is 0 Å². The highest BCUT2D eigenvalue weighted by Crippen LogP contribution is 2.38. The maximum Gasteiger partial charge on any atom is 0.158 e. The molecule has 0 aromatic heterocycles. The number of rotatable bonds is 7. The molecule has 0 aromatic rings. The molecule has 0 aromatic carbocycles. The maximum atomic E-state index is 6.28. The summed E-state index contributed by atoms with van der Waals surface area (Å²) in [5.41, 5.74) is 0.236. The molecular formula is C15H29BrO2. The van der Waals surface area contributed by atoms with E-state index >= 15 is 0 Å². The van der Waals surface area contributed by atoms with Crippen LogP contribution in [-0.2, 0) is 9.47 Å². The summed E-state index contributed by atoms with van der Waals surface area (Å²) in [5.74, 6) is 0. The van der Waals surface area contributed by atoms with Crippen LogP contribution in [0, 0.1) is 5.41 Å².